The van der Waals surface area contributed by atoms with E-state index in [0.717, 1.165) is 13.0 Å². The van der Waals surface area contributed by atoms with Gasteiger partial charge in [-0.1, -0.05) is 27.7 Å². The molecule has 0 aliphatic rings. The average molecular weight is 259 g/mol. The second-order valence-electron chi connectivity index (χ2n) is 4.97. The molecule has 0 aromatic carbocycles. The van der Waals surface area contributed by atoms with Crippen molar-refractivity contribution in [3.63, 3.8) is 0 Å². The fourth-order valence-corrected chi connectivity index (χ4v) is 1.17. The van der Waals surface area contributed by atoms with Gasteiger partial charge in [0.05, 0.1) is 6.61 Å². The van der Waals surface area contributed by atoms with Crippen molar-refractivity contribution in [2.45, 2.75) is 34.1 Å². The van der Waals surface area contributed by atoms with Gasteiger partial charge in [-0.05, 0) is 23.4 Å². The van der Waals surface area contributed by atoms with Crippen LogP contribution in [0.4, 0.5) is 5.95 Å². The fourth-order valence-electron chi connectivity index (χ4n) is 1.01. The lowest BCUT2D eigenvalue weighted by molar-refractivity contribution is 0.291. The topological polar surface area (TPSA) is 59.9 Å². The van der Waals surface area contributed by atoms with Gasteiger partial charge in [0, 0.05) is 6.54 Å². The number of aromatic nitrogens is 3. The summed E-state index contributed by atoms with van der Waals surface area (Å²) >= 11 is 5.80. The maximum atomic E-state index is 5.80. The maximum Gasteiger partial charge on any atom is 0.322 e. The molecule has 5 nitrogen and oxygen atoms in total. The van der Waals surface area contributed by atoms with E-state index < -0.39 is 0 Å². The lowest BCUT2D eigenvalue weighted by Gasteiger charge is -2.18. The number of anilines is 1. The summed E-state index contributed by atoms with van der Waals surface area (Å²) in [5.41, 5.74) is 0.142. The van der Waals surface area contributed by atoms with Gasteiger partial charge in [-0.25, -0.2) is 0 Å². The highest BCUT2D eigenvalue weighted by Crippen LogP contribution is 2.16. The molecule has 0 fully saturated rings. The minimum atomic E-state index is 0.141. The SMILES string of the molecule is CCCOc1nc(Cl)nc(NCC(C)(C)C)n1. The highest BCUT2D eigenvalue weighted by Gasteiger charge is 2.12. The molecule has 1 rings (SSSR count). The van der Waals surface area contributed by atoms with Crippen LogP contribution in [0.1, 0.15) is 34.1 Å². The predicted molar refractivity (Wildman–Crippen MR) is 68.6 cm³/mol. The second kappa shape index (κ2) is 6.00. The Balaban J connectivity index is 2.68. The number of hydrogen-bond acceptors (Lipinski definition) is 5. The van der Waals surface area contributed by atoms with Crippen molar-refractivity contribution in [3.05, 3.63) is 5.28 Å². The van der Waals surface area contributed by atoms with Gasteiger partial charge >= 0.3 is 6.01 Å². The predicted octanol–water partition coefficient (Wildman–Crippen LogP) is 2.77. The molecule has 96 valence electrons. The summed E-state index contributed by atoms with van der Waals surface area (Å²) in [6.07, 6.45) is 0.897. The minimum absolute atomic E-state index is 0.141. The van der Waals surface area contributed by atoms with Crippen molar-refractivity contribution < 1.29 is 4.74 Å². The van der Waals surface area contributed by atoms with E-state index >= 15 is 0 Å². The first-order chi connectivity index (χ1) is 7.90. The van der Waals surface area contributed by atoms with Crippen LogP contribution in [0.25, 0.3) is 0 Å². The van der Waals surface area contributed by atoms with E-state index in [4.69, 9.17) is 16.3 Å². The summed E-state index contributed by atoms with van der Waals surface area (Å²) < 4.78 is 5.32. The second-order valence-corrected chi connectivity index (χ2v) is 5.31. The summed E-state index contributed by atoms with van der Waals surface area (Å²) in [6, 6.07) is 0.267. The zero-order valence-electron chi connectivity index (χ0n) is 10.7. The Morgan fingerprint density at radius 3 is 2.53 bits per heavy atom. The Labute approximate surface area is 107 Å². The molecule has 0 unspecified atom stereocenters. The number of nitrogens with one attached hydrogen (secondary N) is 1. The molecule has 0 bridgehead atoms. The molecule has 1 heterocycles. The monoisotopic (exact) mass is 258 g/mol. The lowest BCUT2D eigenvalue weighted by Crippen LogP contribution is -2.20. The van der Waals surface area contributed by atoms with E-state index in [-0.39, 0.29) is 16.7 Å². The first-order valence-electron chi connectivity index (χ1n) is 5.69. The van der Waals surface area contributed by atoms with E-state index in [9.17, 15) is 0 Å². The molecule has 0 amide bonds. The van der Waals surface area contributed by atoms with Gasteiger partial charge < -0.3 is 10.1 Å². The summed E-state index contributed by atoms with van der Waals surface area (Å²) in [7, 11) is 0. The molecule has 0 aliphatic heterocycles. The number of rotatable bonds is 5. The molecule has 1 aromatic rings. The van der Waals surface area contributed by atoms with Crippen LogP contribution in [-0.2, 0) is 0 Å². The van der Waals surface area contributed by atoms with Crippen molar-refractivity contribution >= 4 is 17.5 Å². The van der Waals surface area contributed by atoms with E-state index in [1.165, 1.54) is 0 Å². The number of hydrogen-bond donors (Lipinski definition) is 1. The van der Waals surface area contributed by atoms with Crippen molar-refractivity contribution in [2.24, 2.45) is 5.41 Å². The third kappa shape index (κ3) is 5.68. The Hall–Kier alpha value is -1.10. The Morgan fingerprint density at radius 2 is 1.94 bits per heavy atom. The largest absolute Gasteiger partial charge is 0.463 e. The van der Waals surface area contributed by atoms with Crippen molar-refractivity contribution in [1.82, 2.24) is 15.0 Å². The van der Waals surface area contributed by atoms with Crippen LogP contribution in [0.2, 0.25) is 5.28 Å². The standard InChI is InChI=1S/C11H19ClN4O/c1-5-6-17-10-15-8(12)14-9(16-10)13-7-11(2,3)4/h5-7H2,1-4H3,(H,13,14,15,16). The Kier molecular flexibility index (Phi) is 4.93. The van der Waals surface area contributed by atoms with Crippen molar-refractivity contribution in [1.29, 1.82) is 0 Å². The van der Waals surface area contributed by atoms with Crippen LogP contribution in [0, 0.1) is 5.41 Å². The Morgan fingerprint density at radius 1 is 1.24 bits per heavy atom. The molecule has 0 aliphatic carbocycles. The van der Waals surface area contributed by atoms with Crippen LogP contribution < -0.4 is 10.1 Å². The molecular weight excluding hydrogens is 240 g/mol. The van der Waals surface area contributed by atoms with Gasteiger partial charge in [-0.2, -0.15) is 15.0 Å². The summed E-state index contributed by atoms with van der Waals surface area (Å²) in [5, 5.41) is 3.26. The molecule has 0 saturated carbocycles. The number of ether oxygens (including phenoxy) is 1. The van der Waals surface area contributed by atoms with E-state index in [1.54, 1.807) is 0 Å². The number of halogens is 1. The van der Waals surface area contributed by atoms with Gasteiger partial charge in [0.1, 0.15) is 0 Å². The fraction of sp³-hybridized carbons (Fsp3) is 0.727. The molecule has 1 N–H and O–H groups in total. The van der Waals surface area contributed by atoms with Gasteiger partial charge in [0.25, 0.3) is 0 Å². The summed E-state index contributed by atoms with van der Waals surface area (Å²) in [6.45, 7) is 9.70. The van der Waals surface area contributed by atoms with Crippen molar-refractivity contribution in [2.75, 3.05) is 18.5 Å². The smallest absolute Gasteiger partial charge is 0.322 e. The zero-order chi connectivity index (χ0) is 12.9. The van der Waals surface area contributed by atoms with E-state index in [2.05, 4.69) is 41.0 Å². The van der Waals surface area contributed by atoms with E-state index in [0.29, 0.717) is 12.6 Å². The third-order valence-corrected chi connectivity index (χ3v) is 1.97. The molecule has 1 aromatic heterocycles. The molecule has 0 atom stereocenters. The number of nitrogens with zero attached hydrogens (tertiary/aromatic N) is 3. The first-order valence-corrected chi connectivity index (χ1v) is 6.07. The molecule has 17 heavy (non-hydrogen) atoms. The maximum absolute atomic E-state index is 5.80. The lowest BCUT2D eigenvalue weighted by atomic mass is 9.97. The normalized spacial score (nSPS) is 11.4. The third-order valence-electron chi connectivity index (χ3n) is 1.80. The molecule has 0 spiro atoms. The first kappa shape index (κ1) is 14.0. The molecule has 0 saturated heterocycles. The van der Waals surface area contributed by atoms with E-state index in [1.807, 2.05) is 6.92 Å². The average Bonchev–Trinajstić information content (AvgIpc) is 2.22. The summed E-state index contributed by atoms with van der Waals surface area (Å²) in [5.74, 6) is 0.450. The minimum Gasteiger partial charge on any atom is -0.463 e. The van der Waals surface area contributed by atoms with Crippen LogP contribution in [0.15, 0.2) is 0 Å². The van der Waals surface area contributed by atoms with Crippen LogP contribution in [0.5, 0.6) is 6.01 Å². The van der Waals surface area contributed by atoms with Gasteiger partial charge in [0.15, 0.2) is 0 Å². The van der Waals surface area contributed by atoms with Crippen molar-refractivity contribution in [3.8, 4) is 6.01 Å². The molecule has 6 heteroatoms. The van der Waals surface area contributed by atoms with Gasteiger partial charge in [-0.3, -0.25) is 0 Å². The van der Waals surface area contributed by atoms with Crippen LogP contribution in [-0.4, -0.2) is 28.1 Å². The Bertz CT molecular complexity index is 365. The van der Waals surface area contributed by atoms with Crippen LogP contribution >= 0.6 is 11.6 Å². The zero-order valence-corrected chi connectivity index (χ0v) is 11.5. The van der Waals surface area contributed by atoms with Crippen LogP contribution in [0.3, 0.4) is 0 Å². The molecular formula is C11H19ClN4O. The quantitative estimate of drug-likeness (QED) is 0.880. The highest BCUT2D eigenvalue weighted by molar-refractivity contribution is 6.28. The van der Waals surface area contributed by atoms with Gasteiger partial charge in [-0.15, -0.1) is 0 Å². The summed E-state index contributed by atoms with van der Waals surface area (Å²) in [4.78, 5) is 12.0. The highest BCUT2D eigenvalue weighted by atomic mass is 35.5. The molecule has 0 radical (unpaired) electrons. The van der Waals surface area contributed by atoms with Gasteiger partial charge in [0.2, 0.25) is 11.2 Å².